The highest BCUT2D eigenvalue weighted by Crippen LogP contribution is 2.41. The highest BCUT2D eigenvalue weighted by atomic mass is 19.3. The third-order valence-electron chi connectivity index (χ3n) is 6.37. The second kappa shape index (κ2) is 7.55. The maximum Gasteiger partial charge on any atom is 0.325 e. The number of hydrogen-bond donors (Lipinski definition) is 1. The summed E-state index contributed by atoms with van der Waals surface area (Å²) in [6, 6.07) is 6.29. The third-order valence-corrected chi connectivity index (χ3v) is 6.37. The van der Waals surface area contributed by atoms with Crippen molar-refractivity contribution in [1.29, 1.82) is 0 Å². The van der Waals surface area contributed by atoms with Gasteiger partial charge in [-0.2, -0.15) is 0 Å². The number of carbonyl (C=O) groups is 3. The minimum atomic E-state index is -2.85. The fourth-order valence-electron chi connectivity index (χ4n) is 4.60. The number of aryl methyl sites for hydroxylation is 1. The van der Waals surface area contributed by atoms with Crippen LogP contribution < -0.4 is 5.32 Å². The molecule has 0 radical (unpaired) electrons. The summed E-state index contributed by atoms with van der Waals surface area (Å²) in [4.78, 5) is 42.7. The number of hydrogen-bond acceptors (Lipinski definition) is 3. The number of imide groups is 1. The molecule has 0 atom stereocenters. The Morgan fingerprint density at radius 1 is 1.22 bits per heavy atom. The Kier molecular flexibility index (Phi) is 5.12. The summed E-state index contributed by atoms with van der Waals surface area (Å²) >= 11 is 0. The van der Waals surface area contributed by atoms with Crippen LogP contribution in [0.4, 0.5) is 19.3 Å². The van der Waals surface area contributed by atoms with Gasteiger partial charge in [-0.1, -0.05) is 18.2 Å². The van der Waals surface area contributed by atoms with E-state index >= 15 is 0 Å². The number of halogens is 2. The van der Waals surface area contributed by atoms with Crippen molar-refractivity contribution >= 4 is 23.4 Å². The first-order valence-corrected chi connectivity index (χ1v) is 10.3. The van der Waals surface area contributed by atoms with Crippen LogP contribution in [-0.4, -0.2) is 45.2 Å². The van der Waals surface area contributed by atoms with Gasteiger partial charge in [0.05, 0.1) is 18.8 Å². The normalized spacial score (nSPS) is 19.2. The number of nitrogens with zero attached hydrogens (tertiary/aromatic N) is 3. The standard InChI is InChI=1S/C23H22F2N4O3/c1-14-17(12-28(3)19(14)15-5-4-6-16(11-15)26-2)18(30)13-29-20(31)22(27-21(29)32)7-9-23(24,25)10-8-22/h4-6,11-12H,7-10,13H2,1,3H3,(H,27,32). The SMILES string of the molecule is [C-]#[N+]c1cccc(-c2c(C)c(C(=O)CN3C(=O)NC4(CCC(F)(F)CC4)C3=O)cn2C)c1. The van der Waals surface area contributed by atoms with Crippen LogP contribution in [0.3, 0.4) is 0 Å². The lowest BCUT2D eigenvalue weighted by Gasteiger charge is -2.34. The summed E-state index contributed by atoms with van der Waals surface area (Å²) in [6.45, 7) is 8.50. The van der Waals surface area contributed by atoms with Crippen LogP contribution in [0.2, 0.25) is 0 Å². The van der Waals surface area contributed by atoms with Crippen molar-refractivity contribution in [2.24, 2.45) is 7.05 Å². The summed E-state index contributed by atoms with van der Waals surface area (Å²) in [5.41, 5.74) is 1.66. The molecule has 9 heteroatoms. The summed E-state index contributed by atoms with van der Waals surface area (Å²) in [6.07, 6.45) is 0.368. The van der Waals surface area contributed by atoms with Gasteiger partial charge in [0.25, 0.3) is 5.91 Å². The highest BCUT2D eigenvalue weighted by molar-refractivity contribution is 6.11. The number of ketones is 1. The van der Waals surface area contributed by atoms with E-state index < -0.39 is 48.6 Å². The Hall–Kier alpha value is -3.54. The Bertz CT molecular complexity index is 1170. The van der Waals surface area contributed by atoms with E-state index in [2.05, 4.69) is 10.2 Å². The molecule has 0 unspecified atom stereocenters. The van der Waals surface area contributed by atoms with E-state index in [0.29, 0.717) is 16.8 Å². The van der Waals surface area contributed by atoms with Crippen molar-refractivity contribution in [2.45, 2.75) is 44.1 Å². The number of nitrogens with one attached hydrogen (secondary N) is 1. The molecule has 1 aromatic carbocycles. The van der Waals surface area contributed by atoms with Crippen LogP contribution in [0.25, 0.3) is 16.1 Å². The molecule has 7 nitrogen and oxygen atoms in total. The van der Waals surface area contributed by atoms with Crippen molar-refractivity contribution in [3.05, 3.63) is 53.0 Å². The third kappa shape index (κ3) is 3.55. The smallest absolute Gasteiger partial charge is 0.325 e. The second-order valence-corrected chi connectivity index (χ2v) is 8.47. The molecule has 2 aliphatic rings. The van der Waals surface area contributed by atoms with Gasteiger partial charge >= 0.3 is 6.03 Å². The zero-order chi connectivity index (χ0) is 23.3. The summed E-state index contributed by atoms with van der Waals surface area (Å²) in [7, 11) is 1.77. The number of benzene rings is 1. The monoisotopic (exact) mass is 440 g/mol. The molecular weight excluding hydrogens is 418 g/mol. The molecule has 0 bridgehead atoms. The summed E-state index contributed by atoms with van der Waals surface area (Å²) < 4.78 is 28.9. The number of alkyl halides is 2. The molecule has 1 N–H and O–H groups in total. The molecule has 2 aromatic rings. The topological polar surface area (TPSA) is 75.8 Å². The summed E-state index contributed by atoms with van der Waals surface area (Å²) in [5, 5.41) is 2.55. The first kappa shape index (κ1) is 21.7. The van der Waals surface area contributed by atoms with Crippen molar-refractivity contribution in [1.82, 2.24) is 14.8 Å². The molecule has 1 spiro atoms. The number of amides is 3. The number of carbonyl (C=O) groups excluding carboxylic acids is 3. The van der Waals surface area contributed by atoms with Gasteiger partial charge < -0.3 is 9.88 Å². The molecule has 32 heavy (non-hydrogen) atoms. The molecular formula is C23H22F2N4O3. The lowest BCUT2D eigenvalue weighted by Crippen LogP contribution is -2.51. The van der Waals surface area contributed by atoms with Gasteiger partial charge in [0.1, 0.15) is 5.54 Å². The number of Topliss-reactive ketones (excluding diaryl/α,β-unsaturated/α-hetero) is 1. The zero-order valence-electron chi connectivity index (χ0n) is 17.7. The molecule has 1 aliphatic heterocycles. The van der Waals surface area contributed by atoms with Crippen LogP contribution in [0, 0.1) is 13.5 Å². The molecule has 2 heterocycles. The predicted molar refractivity (Wildman–Crippen MR) is 113 cm³/mol. The predicted octanol–water partition coefficient (Wildman–Crippen LogP) is 4.23. The highest BCUT2D eigenvalue weighted by Gasteiger charge is 2.55. The van der Waals surface area contributed by atoms with E-state index in [-0.39, 0.29) is 12.8 Å². The zero-order valence-corrected chi connectivity index (χ0v) is 17.7. The van der Waals surface area contributed by atoms with E-state index in [0.717, 1.165) is 16.2 Å². The minimum absolute atomic E-state index is 0.152. The molecule has 2 fully saturated rings. The first-order valence-electron chi connectivity index (χ1n) is 10.3. The molecule has 1 aromatic heterocycles. The quantitative estimate of drug-likeness (QED) is 0.439. The van der Waals surface area contributed by atoms with Gasteiger partial charge in [0.15, 0.2) is 11.5 Å². The van der Waals surface area contributed by atoms with E-state index in [4.69, 9.17) is 6.57 Å². The van der Waals surface area contributed by atoms with Gasteiger partial charge in [-0.15, -0.1) is 0 Å². The maximum atomic E-state index is 13.6. The largest absolute Gasteiger partial charge is 0.350 e. The van der Waals surface area contributed by atoms with E-state index in [9.17, 15) is 23.2 Å². The summed E-state index contributed by atoms with van der Waals surface area (Å²) in [5.74, 6) is -3.89. The van der Waals surface area contributed by atoms with Crippen LogP contribution >= 0.6 is 0 Å². The van der Waals surface area contributed by atoms with Crippen molar-refractivity contribution in [3.8, 4) is 11.3 Å². The van der Waals surface area contributed by atoms with Gasteiger partial charge in [-0.25, -0.2) is 18.4 Å². The number of urea groups is 1. The lowest BCUT2D eigenvalue weighted by molar-refractivity contribution is -0.135. The maximum absolute atomic E-state index is 13.6. The molecule has 3 amide bonds. The molecule has 1 aliphatic carbocycles. The van der Waals surface area contributed by atoms with Gasteiger partial charge in [-0.05, 0) is 37.0 Å². The van der Waals surface area contributed by atoms with E-state index in [1.54, 1.807) is 42.9 Å². The second-order valence-electron chi connectivity index (χ2n) is 8.47. The van der Waals surface area contributed by atoms with Crippen LogP contribution in [0.5, 0.6) is 0 Å². The Balaban J connectivity index is 1.57. The Morgan fingerprint density at radius 3 is 2.56 bits per heavy atom. The molecule has 1 saturated heterocycles. The molecule has 1 saturated carbocycles. The van der Waals surface area contributed by atoms with Gasteiger partial charge in [-0.3, -0.25) is 14.5 Å². The average molecular weight is 440 g/mol. The average Bonchev–Trinajstić information content (AvgIpc) is 3.18. The fraction of sp³-hybridized carbons (Fsp3) is 0.391. The fourth-order valence-corrected chi connectivity index (χ4v) is 4.60. The van der Waals surface area contributed by atoms with Gasteiger partial charge in [0, 0.05) is 31.6 Å². The van der Waals surface area contributed by atoms with Crippen molar-refractivity contribution in [2.75, 3.05) is 6.54 Å². The van der Waals surface area contributed by atoms with E-state index in [1.807, 2.05) is 6.07 Å². The van der Waals surface area contributed by atoms with Crippen molar-refractivity contribution < 1.29 is 23.2 Å². The number of rotatable bonds is 4. The minimum Gasteiger partial charge on any atom is -0.350 e. The van der Waals surface area contributed by atoms with Crippen molar-refractivity contribution in [3.63, 3.8) is 0 Å². The Morgan fingerprint density at radius 2 is 1.91 bits per heavy atom. The van der Waals surface area contributed by atoms with E-state index in [1.165, 1.54) is 0 Å². The van der Waals surface area contributed by atoms with Crippen LogP contribution in [0.15, 0.2) is 30.5 Å². The number of aromatic nitrogens is 1. The van der Waals surface area contributed by atoms with Gasteiger partial charge in [0.2, 0.25) is 5.92 Å². The van der Waals surface area contributed by atoms with Crippen LogP contribution in [-0.2, 0) is 11.8 Å². The van der Waals surface area contributed by atoms with Crippen LogP contribution in [0.1, 0.15) is 41.6 Å². The Labute approximate surface area is 183 Å². The lowest BCUT2D eigenvalue weighted by atomic mass is 9.80. The first-order chi connectivity index (χ1) is 15.1. The molecule has 4 rings (SSSR count). The molecule has 166 valence electrons.